The van der Waals surface area contributed by atoms with Gasteiger partial charge in [-0.05, 0) is 49.7 Å². The largest absolute Gasteiger partial charge is 0.316 e. The van der Waals surface area contributed by atoms with Gasteiger partial charge in [-0.3, -0.25) is 14.5 Å². The summed E-state index contributed by atoms with van der Waals surface area (Å²) >= 11 is 3.54. The van der Waals surface area contributed by atoms with E-state index in [9.17, 15) is 9.59 Å². The Morgan fingerprint density at radius 2 is 1.50 bits per heavy atom. The molecule has 24 heavy (non-hydrogen) atoms. The molecule has 1 aliphatic heterocycles. The van der Waals surface area contributed by atoms with Crippen LogP contribution in [0.15, 0.2) is 53.0 Å². The summed E-state index contributed by atoms with van der Waals surface area (Å²) in [7, 11) is 0. The van der Waals surface area contributed by atoms with Crippen LogP contribution < -0.4 is 5.32 Å². The highest BCUT2D eigenvalue weighted by Crippen LogP contribution is 2.22. The smallest absolute Gasteiger partial charge is 0.261 e. The number of halogens is 1. The molecule has 2 aromatic carbocycles. The lowest BCUT2D eigenvalue weighted by Crippen LogP contribution is -2.32. The minimum absolute atomic E-state index is 0.177. The quantitative estimate of drug-likeness (QED) is 0.586. The van der Waals surface area contributed by atoms with Crippen molar-refractivity contribution in [3.05, 3.63) is 69.7 Å². The molecule has 124 valence electrons. The van der Waals surface area contributed by atoms with E-state index in [1.54, 1.807) is 24.3 Å². The maximum absolute atomic E-state index is 12.2. The number of carbonyl (C=O) groups is 2. The van der Waals surface area contributed by atoms with E-state index in [1.807, 2.05) is 18.2 Å². The number of hydrogen-bond donors (Lipinski definition) is 1. The summed E-state index contributed by atoms with van der Waals surface area (Å²) in [6, 6.07) is 15.2. The predicted molar refractivity (Wildman–Crippen MR) is 97.1 cm³/mol. The zero-order valence-electron chi connectivity index (χ0n) is 13.3. The lowest BCUT2D eigenvalue weighted by atomic mass is 10.1. The zero-order valence-corrected chi connectivity index (χ0v) is 14.9. The summed E-state index contributed by atoms with van der Waals surface area (Å²) < 4.78 is 1.12. The van der Waals surface area contributed by atoms with E-state index >= 15 is 0 Å². The van der Waals surface area contributed by atoms with Gasteiger partial charge in [0, 0.05) is 11.0 Å². The van der Waals surface area contributed by atoms with Crippen LogP contribution in [0.4, 0.5) is 0 Å². The van der Waals surface area contributed by atoms with Crippen LogP contribution in [-0.4, -0.2) is 36.3 Å². The monoisotopic (exact) mass is 386 g/mol. The van der Waals surface area contributed by atoms with Gasteiger partial charge in [-0.2, -0.15) is 0 Å². The highest BCUT2D eigenvalue weighted by molar-refractivity contribution is 9.10. The lowest BCUT2D eigenvalue weighted by Gasteiger charge is -2.14. The van der Waals surface area contributed by atoms with Crippen molar-refractivity contribution in [3.8, 4) is 0 Å². The third kappa shape index (κ3) is 3.57. The normalized spacial score (nSPS) is 13.5. The van der Waals surface area contributed by atoms with Gasteiger partial charge in [0.15, 0.2) is 0 Å². The second kappa shape index (κ2) is 7.73. The number of hydrogen-bond acceptors (Lipinski definition) is 3. The summed E-state index contributed by atoms with van der Waals surface area (Å²) in [6.45, 7) is 2.09. The van der Waals surface area contributed by atoms with Crippen LogP contribution in [0, 0.1) is 0 Å². The Bertz CT molecular complexity index is 726. The minimum Gasteiger partial charge on any atom is -0.316 e. The maximum atomic E-state index is 12.2. The third-order valence-electron chi connectivity index (χ3n) is 4.14. The average Bonchev–Trinajstić information content (AvgIpc) is 2.84. The van der Waals surface area contributed by atoms with Crippen molar-refractivity contribution in [1.82, 2.24) is 10.2 Å². The van der Waals surface area contributed by atoms with Crippen LogP contribution in [-0.2, 0) is 6.42 Å². The summed E-state index contributed by atoms with van der Waals surface area (Å²) in [4.78, 5) is 25.8. The molecule has 0 bridgehead atoms. The molecular formula is C19H19BrN2O2. The first-order valence-corrected chi connectivity index (χ1v) is 8.87. The molecule has 0 fully saturated rings. The third-order valence-corrected chi connectivity index (χ3v) is 4.92. The molecule has 0 atom stereocenters. The fourth-order valence-corrected chi connectivity index (χ4v) is 3.34. The Balaban J connectivity index is 1.41. The molecule has 2 amide bonds. The molecule has 5 heteroatoms. The summed E-state index contributed by atoms with van der Waals surface area (Å²) in [5.74, 6) is -0.354. The molecule has 0 aromatic heterocycles. The molecule has 0 spiro atoms. The molecule has 4 nitrogen and oxygen atoms in total. The van der Waals surface area contributed by atoms with Gasteiger partial charge in [-0.25, -0.2) is 0 Å². The van der Waals surface area contributed by atoms with E-state index in [2.05, 4.69) is 27.3 Å². The topological polar surface area (TPSA) is 49.4 Å². The molecule has 2 aromatic rings. The van der Waals surface area contributed by atoms with E-state index in [0.717, 1.165) is 30.4 Å². The predicted octanol–water partition coefficient (Wildman–Crippen LogP) is 3.27. The summed E-state index contributed by atoms with van der Waals surface area (Å²) in [6.07, 6.45) is 1.69. The number of benzene rings is 2. The summed E-state index contributed by atoms with van der Waals surface area (Å²) in [5, 5.41) is 3.37. The second-order valence-electron chi connectivity index (χ2n) is 5.75. The van der Waals surface area contributed by atoms with Crippen molar-refractivity contribution < 1.29 is 9.59 Å². The number of nitrogens with one attached hydrogen (secondary N) is 1. The lowest BCUT2D eigenvalue weighted by molar-refractivity contribution is 0.0652. The van der Waals surface area contributed by atoms with Crippen molar-refractivity contribution in [2.45, 2.75) is 12.8 Å². The van der Waals surface area contributed by atoms with Crippen LogP contribution in [0.5, 0.6) is 0 Å². The van der Waals surface area contributed by atoms with Crippen LogP contribution in [0.25, 0.3) is 0 Å². The molecule has 3 rings (SSSR count). The van der Waals surface area contributed by atoms with Gasteiger partial charge in [0.2, 0.25) is 0 Å². The van der Waals surface area contributed by atoms with E-state index < -0.39 is 0 Å². The van der Waals surface area contributed by atoms with Gasteiger partial charge in [0.05, 0.1) is 11.1 Å². The van der Waals surface area contributed by atoms with Gasteiger partial charge in [-0.15, -0.1) is 0 Å². The highest BCUT2D eigenvalue weighted by Gasteiger charge is 2.34. The molecular weight excluding hydrogens is 368 g/mol. The second-order valence-corrected chi connectivity index (χ2v) is 6.61. The van der Waals surface area contributed by atoms with Crippen LogP contribution in [0.2, 0.25) is 0 Å². The van der Waals surface area contributed by atoms with Gasteiger partial charge in [0.25, 0.3) is 11.8 Å². The molecule has 0 radical (unpaired) electrons. The number of nitrogens with zero attached hydrogens (tertiary/aromatic N) is 1. The SMILES string of the molecule is O=C1c2ccccc2C(=O)N1CCCNCCc1ccccc1Br. The van der Waals surface area contributed by atoms with E-state index in [1.165, 1.54) is 10.5 Å². The Morgan fingerprint density at radius 1 is 0.875 bits per heavy atom. The van der Waals surface area contributed by atoms with Gasteiger partial charge in [-0.1, -0.05) is 46.3 Å². The molecule has 1 N–H and O–H groups in total. The fraction of sp³-hybridized carbons (Fsp3) is 0.263. The molecule has 0 saturated heterocycles. The van der Waals surface area contributed by atoms with Crippen molar-refractivity contribution >= 4 is 27.7 Å². The number of imide groups is 1. The van der Waals surface area contributed by atoms with E-state index in [-0.39, 0.29) is 11.8 Å². The van der Waals surface area contributed by atoms with Crippen molar-refractivity contribution in [2.24, 2.45) is 0 Å². The fourth-order valence-electron chi connectivity index (χ4n) is 2.85. The number of rotatable bonds is 7. The Hall–Kier alpha value is -1.98. The minimum atomic E-state index is -0.177. The number of fused-ring (bicyclic) bond motifs is 1. The first kappa shape index (κ1) is 16.9. The first-order chi connectivity index (χ1) is 11.7. The number of amides is 2. The van der Waals surface area contributed by atoms with E-state index in [0.29, 0.717) is 17.7 Å². The summed E-state index contributed by atoms with van der Waals surface area (Å²) in [5.41, 5.74) is 2.30. The standard InChI is InChI=1S/C19H19BrN2O2/c20-17-9-4-1-6-14(17)10-12-21-11-5-13-22-18(23)15-7-2-3-8-16(15)19(22)24/h1-4,6-9,21H,5,10-13H2. The molecule has 0 unspecified atom stereocenters. The van der Waals surface area contributed by atoms with Crippen LogP contribution in [0.1, 0.15) is 32.7 Å². The van der Waals surface area contributed by atoms with Gasteiger partial charge in [0.1, 0.15) is 0 Å². The molecule has 0 saturated carbocycles. The zero-order chi connectivity index (χ0) is 16.9. The molecule has 0 aliphatic carbocycles. The average molecular weight is 387 g/mol. The van der Waals surface area contributed by atoms with E-state index in [4.69, 9.17) is 0 Å². The number of carbonyl (C=O) groups excluding carboxylic acids is 2. The Labute approximate surface area is 150 Å². The van der Waals surface area contributed by atoms with Crippen molar-refractivity contribution in [1.29, 1.82) is 0 Å². The Morgan fingerprint density at radius 3 is 2.17 bits per heavy atom. The molecule has 1 heterocycles. The van der Waals surface area contributed by atoms with Gasteiger partial charge < -0.3 is 5.32 Å². The first-order valence-electron chi connectivity index (χ1n) is 8.08. The maximum Gasteiger partial charge on any atom is 0.261 e. The van der Waals surface area contributed by atoms with Crippen molar-refractivity contribution in [3.63, 3.8) is 0 Å². The Kier molecular flexibility index (Phi) is 5.43. The van der Waals surface area contributed by atoms with Crippen LogP contribution in [0.3, 0.4) is 0 Å². The molecule has 1 aliphatic rings. The highest BCUT2D eigenvalue weighted by atomic mass is 79.9. The van der Waals surface area contributed by atoms with Crippen LogP contribution >= 0.6 is 15.9 Å². The van der Waals surface area contributed by atoms with Gasteiger partial charge >= 0.3 is 0 Å². The van der Waals surface area contributed by atoms with Crippen molar-refractivity contribution in [2.75, 3.05) is 19.6 Å².